The Morgan fingerprint density at radius 1 is 1.38 bits per heavy atom. The second-order valence-corrected chi connectivity index (χ2v) is 4.94. The van der Waals surface area contributed by atoms with Crippen molar-refractivity contribution in [3.8, 4) is 0 Å². The Kier molecular flexibility index (Phi) is 5.16. The number of hydrogen-bond acceptors (Lipinski definition) is 2. The minimum atomic E-state index is -0.0545. The van der Waals surface area contributed by atoms with Gasteiger partial charge in [0, 0.05) is 10.0 Å². The zero-order chi connectivity index (χ0) is 12.1. The van der Waals surface area contributed by atoms with Crippen molar-refractivity contribution in [2.75, 3.05) is 13.6 Å². The van der Waals surface area contributed by atoms with Crippen LogP contribution in [-0.4, -0.2) is 30.3 Å². The first kappa shape index (κ1) is 13.4. The molecule has 1 rings (SSSR count). The summed E-state index contributed by atoms with van der Waals surface area (Å²) in [4.78, 5) is 14.2. The number of ketones is 1. The number of carbonyl (C=O) groups is 1. The van der Waals surface area contributed by atoms with Gasteiger partial charge in [-0.15, -0.1) is 0 Å². The van der Waals surface area contributed by atoms with E-state index in [1.54, 1.807) is 0 Å². The van der Waals surface area contributed by atoms with Crippen molar-refractivity contribution >= 4 is 21.7 Å². The lowest BCUT2D eigenvalue weighted by molar-refractivity contribution is 0.0869. The summed E-state index contributed by atoms with van der Waals surface area (Å²) >= 11 is 3.36. The maximum Gasteiger partial charge on any atom is 0.179 e. The highest BCUT2D eigenvalue weighted by Crippen LogP contribution is 2.13. The predicted octanol–water partition coefficient (Wildman–Crippen LogP) is 3.36. The number of rotatable bonds is 5. The van der Waals surface area contributed by atoms with Crippen molar-refractivity contribution in [3.05, 3.63) is 34.3 Å². The SMILES string of the molecule is CCCN(C)C(C)C(=O)c1ccc(Br)cc1. The Labute approximate surface area is 106 Å². The van der Waals surface area contributed by atoms with Crippen LogP contribution in [0, 0.1) is 0 Å². The van der Waals surface area contributed by atoms with E-state index in [9.17, 15) is 4.79 Å². The molecule has 1 unspecified atom stereocenters. The number of halogens is 1. The molecule has 1 aromatic rings. The van der Waals surface area contributed by atoms with E-state index >= 15 is 0 Å². The van der Waals surface area contributed by atoms with Crippen LogP contribution in [0.1, 0.15) is 30.6 Å². The average Bonchev–Trinajstić information content (AvgIpc) is 2.28. The molecule has 0 heterocycles. The lowest BCUT2D eigenvalue weighted by Gasteiger charge is -2.22. The van der Waals surface area contributed by atoms with E-state index in [1.807, 2.05) is 38.2 Å². The molecule has 0 saturated heterocycles. The number of likely N-dealkylation sites (N-methyl/N-ethyl adjacent to an activating group) is 1. The molecule has 16 heavy (non-hydrogen) atoms. The maximum atomic E-state index is 12.1. The third kappa shape index (κ3) is 3.42. The highest BCUT2D eigenvalue weighted by molar-refractivity contribution is 9.10. The van der Waals surface area contributed by atoms with E-state index in [2.05, 4.69) is 27.8 Å². The second kappa shape index (κ2) is 6.16. The van der Waals surface area contributed by atoms with Gasteiger partial charge in [-0.05, 0) is 39.1 Å². The van der Waals surface area contributed by atoms with Gasteiger partial charge in [0.15, 0.2) is 5.78 Å². The van der Waals surface area contributed by atoms with Crippen LogP contribution >= 0.6 is 15.9 Å². The Hall–Kier alpha value is -0.670. The fraction of sp³-hybridized carbons (Fsp3) is 0.462. The van der Waals surface area contributed by atoms with Gasteiger partial charge >= 0.3 is 0 Å². The fourth-order valence-corrected chi connectivity index (χ4v) is 1.87. The molecule has 0 aliphatic heterocycles. The van der Waals surface area contributed by atoms with Gasteiger partial charge in [-0.2, -0.15) is 0 Å². The van der Waals surface area contributed by atoms with Gasteiger partial charge in [-0.1, -0.05) is 35.0 Å². The molecule has 0 amide bonds. The van der Waals surface area contributed by atoms with E-state index in [1.165, 1.54) is 0 Å². The molecule has 0 aliphatic rings. The third-order valence-electron chi connectivity index (χ3n) is 2.75. The summed E-state index contributed by atoms with van der Waals surface area (Å²) in [7, 11) is 1.99. The Morgan fingerprint density at radius 2 is 1.94 bits per heavy atom. The van der Waals surface area contributed by atoms with Crippen molar-refractivity contribution in [3.63, 3.8) is 0 Å². The Balaban J connectivity index is 2.73. The quantitative estimate of drug-likeness (QED) is 0.773. The van der Waals surface area contributed by atoms with Crippen molar-refractivity contribution in [1.82, 2.24) is 4.90 Å². The highest BCUT2D eigenvalue weighted by atomic mass is 79.9. The molecule has 0 fully saturated rings. The van der Waals surface area contributed by atoms with Gasteiger partial charge in [0.1, 0.15) is 0 Å². The lowest BCUT2D eigenvalue weighted by atomic mass is 10.0. The van der Waals surface area contributed by atoms with Gasteiger partial charge in [0.05, 0.1) is 6.04 Å². The molecule has 0 saturated carbocycles. The molecule has 0 aromatic heterocycles. The van der Waals surface area contributed by atoms with Gasteiger partial charge in [0.25, 0.3) is 0 Å². The van der Waals surface area contributed by atoms with E-state index in [-0.39, 0.29) is 11.8 Å². The van der Waals surface area contributed by atoms with Gasteiger partial charge in [-0.3, -0.25) is 9.69 Å². The first-order chi connectivity index (χ1) is 7.56. The van der Waals surface area contributed by atoms with Crippen LogP contribution < -0.4 is 0 Å². The Morgan fingerprint density at radius 3 is 2.44 bits per heavy atom. The number of benzene rings is 1. The summed E-state index contributed by atoms with van der Waals surface area (Å²) in [5.74, 6) is 0.184. The molecule has 0 bridgehead atoms. The summed E-state index contributed by atoms with van der Waals surface area (Å²) in [6.45, 7) is 5.02. The average molecular weight is 284 g/mol. The molecule has 0 radical (unpaired) electrons. The molecule has 88 valence electrons. The van der Waals surface area contributed by atoms with E-state index < -0.39 is 0 Å². The van der Waals surface area contributed by atoms with E-state index in [0.717, 1.165) is 23.0 Å². The van der Waals surface area contributed by atoms with E-state index in [4.69, 9.17) is 0 Å². The van der Waals surface area contributed by atoms with Crippen LogP contribution in [0.2, 0.25) is 0 Å². The normalized spacial score (nSPS) is 12.8. The number of hydrogen-bond donors (Lipinski definition) is 0. The number of nitrogens with zero attached hydrogens (tertiary/aromatic N) is 1. The largest absolute Gasteiger partial charge is 0.297 e. The molecular formula is C13H18BrNO. The zero-order valence-corrected chi connectivity index (χ0v) is 11.6. The zero-order valence-electron chi connectivity index (χ0n) is 10.0. The van der Waals surface area contributed by atoms with Gasteiger partial charge in [-0.25, -0.2) is 0 Å². The lowest BCUT2D eigenvalue weighted by Crippen LogP contribution is -2.36. The van der Waals surface area contributed by atoms with Crippen LogP contribution in [0.4, 0.5) is 0 Å². The molecule has 3 heteroatoms. The standard InChI is InChI=1S/C13H18BrNO/c1-4-9-15(3)10(2)13(16)11-5-7-12(14)8-6-11/h5-8,10H,4,9H2,1-3H3. The van der Waals surface area contributed by atoms with Gasteiger partial charge in [0.2, 0.25) is 0 Å². The summed E-state index contributed by atoms with van der Waals surface area (Å²) in [5, 5.41) is 0. The maximum absolute atomic E-state index is 12.1. The first-order valence-corrected chi connectivity index (χ1v) is 6.35. The minimum absolute atomic E-state index is 0.0545. The van der Waals surface area contributed by atoms with Crippen molar-refractivity contribution in [1.29, 1.82) is 0 Å². The first-order valence-electron chi connectivity index (χ1n) is 5.56. The summed E-state index contributed by atoms with van der Waals surface area (Å²) in [6.07, 6.45) is 1.06. The monoisotopic (exact) mass is 283 g/mol. The van der Waals surface area contributed by atoms with Crippen LogP contribution in [0.3, 0.4) is 0 Å². The van der Waals surface area contributed by atoms with Crippen LogP contribution in [0.25, 0.3) is 0 Å². The third-order valence-corrected chi connectivity index (χ3v) is 3.27. The van der Waals surface area contributed by atoms with Crippen LogP contribution in [0.5, 0.6) is 0 Å². The molecular weight excluding hydrogens is 266 g/mol. The number of Topliss-reactive ketones (excluding diaryl/α,β-unsaturated/α-hetero) is 1. The molecule has 0 N–H and O–H groups in total. The van der Waals surface area contributed by atoms with Crippen molar-refractivity contribution in [2.24, 2.45) is 0 Å². The molecule has 0 aliphatic carbocycles. The molecule has 2 nitrogen and oxygen atoms in total. The van der Waals surface area contributed by atoms with Crippen LogP contribution in [-0.2, 0) is 0 Å². The van der Waals surface area contributed by atoms with Crippen molar-refractivity contribution in [2.45, 2.75) is 26.3 Å². The Bertz CT molecular complexity index is 347. The summed E-state index contributed by atoms with van der Waals surface area (Å²) in [5.41, 5.74) is 0.777. The summed E-state index contributed by atoms with van der Waals surface area (Å²) < 4.78 is 0.999. The van der Waals surface area contributed by atoms with Gasteiger partial charge < -0.3 is 0 Å². The fourth-order valence-electron chi connectivity index (χ4n) is 1.60. The molecule has 1 aromatic carbocycles. The second-order valence-electron chi connectivity index (χ2n) is 4.03. The molecule has 0 spiro atoms. The predicted molar refractivity (Wildman–Crippen MR) is 70.9 cm³/mol. The smallest absolute Gasteiger partial charge is 0.179 e. The number of carbonyl (C=O) groups excluding carboxylic acids is 1. The molecule has 1 atom stereocenters. The van der Waals surface area contributed by atoms with Crippen LogP contribution in [0.15, 0.2) is 28.7 Å². The summed E-state index contributed by atoms with van der Waals surface area (Å²) in [6, 6.07) is 7.48. The highest BCUT2D eigenvalue weighted by Gasteiger charge is 2.18. The minimum Gasteiger partial charge on any atom is -0.297 e. The van der Waals surface area contributed by atoms with E-state index in [0.29, 0.717) is 0 Å². The van der Waals surface area contributed by atoms with Crippen molar-refractivity contribution < 1.29 is 4.79 Å². The topological polar surface area (TPSA) is 20.3 Å².